The monoisotopic (exact) mass is 328 g/mol. The van der Waals surface area contributed by atoms with Crippen LogP contribution in [-0.2, 0) is 14.8 Å². The first-order chi connectivity index (χ1) is 10.3. The molecule has 0 aliphatic heterocycles. The maximum absolute atomic E-state index is 13.9. The molecule has 0 bridgehead atoms. The third kappa shape index (κ3) is 2.97. The van der Waals surface area contributed by atoms with E-state index in [-0.39, 0.29) is 10.3 Å². The van der Waals surface area contributed by atoms with Crippen LogP contribution in [0.5, 0.6) is 0 Å². The number of aliphatic carboxylic acids is 1. The molecule has 1 aromatic carbocycles. The first-order valence-corrected chi connectivity index (χ1v) is 8.27. The minimum absolute atomic E-state index is 0.0803. The number of sulfonamides is 1. The summed E-state index contributed by atoms with van der Waals surface area (Å²) in [6, 6.07) is 2.88. The quantitative estimate of drug-likeness (QED) is 0.756. The average Bonchev–Trinajstić information content (AvgIpc) is 2.90. The van der Waals surface area contributed by atoms with Crippen molar-refractivity contribution in [2.45, 2.75) is 31.2 Å². The Hall–Kier alpha value is -1.93. The lowest BCUT2D eigenvalue weighted by atomic mass is 10.0. The van der Waals surface area contributed by atoms with Crippen LogP contribution >= 0.6 is 0 Å². The van der Waals surface area contributed by atoms with Crippen molar-refractivity contribution in [3.8, 4) is 0 Å². The number of aromatic nitrogens is 1. The molecule has 0 saturated carbocycles. The highest BCUT2D eigenvalue weighted by Crippen LogP contribution is 2.26. The summed E-state index contributed by atoms with van der Waals surface area (Å²) in [6.45, 7) is 3.40. The van der Waals surface area contributed by atoms with Crippen molar-refractivity contribution in [1.82, 2.24) is 9.71 Å². The summed E-state index contributed by atoms with van der Waals surface area (Å²) in [5.74, 6) is -2.35. The molecular weight excluding hydrogens is 311 g/mol. The van der Waals surface area contributed by atoms with E-state index in [0.717, 1.165) is 12.3 Å². The molecule has 0 amide bonds. The summed E-state index contributed by atoms with van der Waals surface area (Å²) in [4.78, 5) is 13.6. The van der Waals surface area contributed by atoms with E-state index in [1.165, 1.54) is 6.07 Å². The molecule has 1 aromatic heterocycles. The van der Waals surface area contributed by atoms with E-state index in [2.05, 4.69) is 9.71 Å². The molecule has 120 valence electrons. The molecule has 2 aromatic rings. The molecule has 0 radical (unpaired) electrons. The Bertz CT molecular complexity index is 800. The number of H-pyrrole nitrogens is 1. The second kappa shape index (κ2) is 6.05. The Morgan fingerprint density at radius 1 is 1.45 bits per heavy atom. The van der Waals surface area contributed by atoms with Crippen LogP contribution < -0.4 is 4.72 Å². The Morgan fingerprint density at radius 2 is 2.14 bits per heavy atom. The van der Waals surface area contributed by atoms with Gasteiger partial charge in [-0.05, 0) is 18.1 Å². The summed E-state index contributed by atoms with van der Waals surface area (Å²) in [5.41, 5.74) is 0.329. The van der Waals surface area contributed by atoms with Crippen LogP contribution in [0.15, 0.2) is 29.3 Å². The van der Waals surface area contributed by atoms with E-state index in [1.807, 2.05) is 0 Å². The number of benzene rings is 1. The van der Waals surface area contributed by atoms with Crippen LogP contribution in [0.4, 0.5) is 4.39 Å². The van der Waals surface area contributed by atoms with Crippen LogP contribution in [0.1, 0.15) is 20.3 Å². The molecular formula is C14H17FN2O4S. The number of nitrogens with one attached hydrogen (secondary N) is 2. The van der Waals surface area contributed by atoms with Crippen molar-refractivity contribution in [3.63, 3.8) is 0 Å². The van der Waals surface area contributed by atoms with Crippen LogP contribution in [0.2, 0.25) is 0 Å². The second-order valence-electron chi connectivity index (χ2n) is 5.14. The summed E-state index contributed by atoms with van der Waals surface area (Å²) in [5, 5.41) is 9.11. The fourth-order valence-electron chi connectivity index (χ4n) is 2.20. The molecule has 0 aliphatic rings. The maximum Gasteiger partial charge on any atom is 0.322 e. The number of carboxylic acids is 1. The predicted octanol–water partition coefficient (Wildman–Crippen LogP) is 2.08. The van der Waals surface area contributed by atoms with Gasteiger partial charge in [0.2, 0.25) is 10.0 Å². The first-order valence-electron chi connectivity index (χ1n) is 6.78. The van der Waals surface area contributed by atoms with Crippen LogP contribution in [0, 0.1) is 11.7 Å². The predicted molar refractivity (Wildman–Crippen MR) is 79.5 cm³/mol. The summed E-state index contributed by atoms with van der Waals surface area (Å²) < 4.78 is 40.9. The van der Waals surface area contributed by atoms with Crippen molar-refractivity contribution in [1.29, 1.82) is 0 Å². The molecule has 2 atom stereocenters. The topological polar surface area (TPSA) is 99.3 Å². The Morgan fingerprint density at radius 3 is 2.73 bits per heavy atom. The molecule has 0 unspecified atom stereocenters. The van der Waals surface area contributed by atoms with Crippen LogP contribution in [0.3, 0.4) is 0 Å². The van der Waals surface area contributed by atoms with Gasteiger partial charge in [0.1, 0.15) is 16.8 Å². The average molecular weight is 328 g/mol. The van der Waals surface area contributed by atoms with Crippen LogP contribution in [-0.4, -0.2) is 30.5 Å². The summed E-state index contributed by atoms with van der Waals surface area (Å²) in [6.07, 6.45) is 1.65. The highest BCUT2D eigenvalue weighted by molar-refractivity contribution is 7.89. The maximum atomic E-state index is 13.9. The fraction of sp³-hybridized carbons (Fsp3) is 0.357. The van der Waals surface area contributed by atoms with E-state index in [0.29, 0.717) is 11.9 Å². The smallest absolute Gasteiger partial charge is 0.322 e. The van der Waals surface area contributed by atoms with Gasteiger partial charge in [0.15, 0.2) is 0 Å². The largest absolute Gasteiger partial charge is 0.480 e. The number of halogens is 1. The van der Waals surface area contributed by atoms with E-state index in [4.69, 9.17) is 0 Å². The number of carbonyl (C=O) groups is 1. The SMILES string of the molecule is CC[C@H](C)[C@H](NS(=O)(=O)c1c[nH]c2cccc(F)c12)C(=O)O. The minimum atomic E-state index is -4.17. The Balaban J connectivity index is 2.47. The molecule has 22 heavy (non-hydrogen) atoms. The van der Waals surface area contributed by atoms with Crippen molar-refractivity contribution in [2.24, 2.45) is 5.92 Å². The molecule has 6 nitrogen and oxygen atoms in total. The standard InChI is InChI=1S/C14H17FN2O4S/c1-3-8(2)13(14(18)19)17-22(20,21)11-7-16-10-6-4-5-9(15)12(10)11/h4-8,13,16-17H,3H2,1-2H3,(H,18,19)/t8-,13-/m0/s1. The fourth-order valence-corrected chi connectivity index (χ4v) is 3.68. The van der Waals surface area contributed by atoms with Gasteiger partial charge < -0.3 is 10.1 Å². The van der Waals surface area contributed by atoms with Gasteiger partial charge in [-0.1, -0.05) is 26.3 Å². The Kier molecular flexibility index (Phi) is 4.52. The molecule has 8 heteroatoms. The number of carboxylic acid groups (broad SMARTS) is 1. The lowest BCUT2D eigenvalue weighted by molar-refractivity contribution is -0.140. The zero-order valence-corrected chi connectivity index (χ0v) is 12.9. The minimum Gasteiger partial charge on any atom is -0.480 e. The zero-order valence-electron chi connectivity index (χ0n) is 12.1. The third-order valence-electron chi connectivity index (χ3n) is 3.67. The number of rotatable bonds is 6. The Labute approximate surface area is 127 Å². The van der Waals surface area contributed by atoms with Gasteiger partial charge in [-0.15, -0.1) is 0 Å². The van der Waals surface area contributed by atoms with Gasteiger partial charge in [-0.2, -0.15) is 4.72 Å². The molecule has 0 aliphatic carbocycles. The molecule has 0 spiro atoms. The normalized spacial score (nSPS) is 14.9. The summed E-state index contributed by atoms with van der Waals surface area (Å²) >= 11 is 0. The van der Waals surface area contributed by atoms with Crippen molar-refractivity contribution in [2.75, 3.05) is 0 Å². The van der Waals surface area contributed by atoms with E-state index >= 15 is 0 Å². The van der Waals surface area contributed by atoms with E-state index in [1.54, 1.807) is 19.9 Å². The van der Waals surface area contributed by atoms with Crippen molar-refractivity contribution >= 4 is 26.9 Å². The zero-order chi connectivity index (χ0) is 16.5. The van der Waals surface area contributed by atoms with Gasteiger partial charge in [0, 0.05) is 11.7 Å². The molecule has 2 rings (SSSR count). The van der Waals surface area contributed by atoms with Gasteiger partial charge in [0.25, 0.3) is 0 Å². The number of hydrogen-bond acceptors (Lipinski definition) is 3. The van der Waals surface area contributed by atoms with Crippen LogP contribution in [0.25, 0.3) is 10.9 Å². The van der Waals surface area contributed by atoms with Gasteiger partial charge in [-0.3, -0.25) is 4.79 Å². The lowest BCUT2D eigenvalue weighted by Crippen LogP contribution is -2.44. The third-order valence-corrected chi connectivity index (χ3v) is 5.13. The van der Waals surface area contributed by atoms with Crippen molar-refractivity contribution < 1.29 is 22.7 Å². The lowest BCUT2D eigenvalue weighted by Gasteiger charge is -2.19. The van der Waals surface area contributed by atoms with E-state index < -0.39 is 33.8 Å². The molecule has 0 saturated heterocycles. The first kappa shape index (κ1) is 16.4. The van der Waals surface area contributed by atoms with Gasteiger partial charge in [-0.25, -0.2) is 12.8 Å². The molecule has 1 heterocycles. The van der Waals surface area contributed by atoms with Crippen molar-refractivity contribution in [3.05, 3.63) is 30.2 Å². The number of hydrogen-bond donors (Lipinski definition) is 3. The van der Waals surface area contributed by atoms with E-state index in [9.17, 15) is 22.7 Å². The van der Waals surface area contributed by atoms with Gasteiger partial charge in [0.05, 0.1) is 5.39 Å². The highest BCUT2D eigenvalue weighted by Gasteiger charge is 2.31. The molecule has 0 fully saturated rings. The second-order valence-corrected chi connectivity index (χ2v) is 6.82. The molecule has 3 N–H and O–H groups in total. The highest BCUT2D eigenvalue weighted by atomic mass is 32.2. The summed E-state index contributed by atoms with van der Waals surface area (Å²) in [7, 11) is -4.17. The number of aromatic amines is 1. The van der Waals surface area contributed by atoms with Gasteiger partial charge >= 0.3 is 5.97 Å². The number of fused-ring (bicyclic) bond motifs is 1.